The highest BCUT2D eigenvalue weighted by Gasteiger charge is 2.09. The highest BCUT2D eigenvalue weighted by atomic mass is 19.2. The summed E-state index contributed by atoms with van der Waals surface area (Å²) in [5.74, 6) is -1.81. The van der Waals surface area contributed by atoms with Crippen molar-refractivity contribution in [3.63, 3.8) is 0 Å². The first-order chi connectivity index (χ1) is 12.0. The molecule has 1 heterocycles. The van der Waals surface area contributed by atoms with E-state index < -0.39 is 11.6 Å². The van der Waals surface area contributed by atoms with Crippen LogP contribution >= 0.6 is 0 Å². The average molecular weight is 342 g/mol. The third kappa shape index (κ3) is 3.82. The van der Waals surface area contributed by atoms with Gasteiger partial charge in [-0.05, 0) is 24.6 Å². The van der Waals surface area contributed by atoms with Crippen LogP contribution in [0.5, 0.6) is 5.75 Å². The van der Waals surface area contributed by atoms with Crippen molar-refractivity contribution in [2.75, 3.05) is 5.73 Å². The van der Waals surface area contributed by atoms with E-state index in [1.807, 2.05) is 31.2 Å². The summed E-state index contributed by atoms with van der Waals surface area (Å²) in [7, 11) is 0. The molecule has 0 bridgehead atoms. The summed E-state index contributed by atoms with van der Waals surface area (Å²) in [4.78, 5) is 4.06. The van der Waals surface area contributed by atoms with E-state index >= 15 is 0 Å². The number of nitrogens with two attached hydrogens (primary N) is 1. The van der Waals surface area contributed by atoms with Gasteiger partial charge in [-0.3, -0.25) is 0 Å². The van der Waals surface area contributed by atoms with E-state index in [0.717, 1.165) is 22.9 Å². The minimum absolute atomic E-state index is 0.0704. The van der Waals surface area contributed by atoms with Gasteiger partial charge in [0.25, 0.3) is 0 Å². The molecule has 3 rings (SSSR count). The SMILES string of the molecule is Cc1cn(N=Cc2ccccc2COc2cccc(F)c2F)c(N)n1. The molecule has 0 aliphatic heterocycles. The van der Waals surface area contributed by atoms with Crippen molar-refractivity contribution in [2.45, 2.75) is 13.5 Å². The molecule has 128 valence electrons. The summed E-state index contributed by atoms with van der Waals surface area (Å²) in [6, 6.07) is 11.1. The highest BCUT2D eigenvalue weighted by molar-refractivity contribution is 5.81. The van der Waals surface area contributed by atoms with Crippen molar-refractivity contribution in [1.29, 1.82) is 0 Å². The largest absolute Gasteiger partial charge is 0.486 e. The van der Waals surface area contributed by atoms with E-state index in [2.05, 4.69) is 10.1 Å². The van der Waals surface area contributed by atoms with Gasteiger partial charge in [0.15, 0.2) is 11.6 Å². The number of nitrogens with zero attached hydrogens (tertiary/aromatic N) is 3. The molecule has 0 spiro atoms. The van der Waals surface area contributed by atoms with Gasteiger partial charge in [0.2, 0.25) is 11.8 Å². The van der Waals surface area contributed by atoms with Crippen LogP contribution in [0.15, 0.2) is 53.8 Å². The van der Waals surface area contributed by atoms with Crippen LogP contribution in [0.25, 0.3) is 0 Å². The molecule has 0 aliphatic carbocycles. The molecule has 25 heavy (non-hydrogen) atoms. The monoisotopic (exact) mass is 342 g/mol. The van der Waals surface area contributed by atoms with E-state index in [1.54, 1.807) is 12.4 Å². The van der Waals surface area contributed by atoms with E-state index in [1.165, 1.54) is 16.8 Å². The Bertz CT molecular complexity index is 921. The molecule has 0 saturated carbocycles. The molecule has 0 amide bonds. The summed E-state index contributed by atoms with van der Waals surface area (Å²) in [5.41, 5.74) is 8.04. The molecule has 2 aromatic carbocycles. The average Bonchev–Trinajstić information content (AvgIpc) is 2.92. The fraction of sp³-hybridized carbons (Fsp3) is 0.111. The minimum Gasteiger partial charge on any atom is -0.486 e. The van der Waals surface area contributed by atoms with Crippen molar-refractivity contribution in [2.24, 2.45) is 5.10 Å². The number of benzene rings is 2. The third-order valence-corrected chi connectivity index (χ3v) is 3.51. The fourth-order valence-corrected chi connectivity index (χ4v) is 2.26. The Morgan fingerprint density at radius 2 is 2.00 bits per heavy atom. The highest BCUT2D eigenvalue weighted by Crippen LogP contribution is 2.21. The number of hydrogen-bond acceptors (Lipinski definition) is 4. The number of aromatic nitrogens is 2. The number of imidazole rings is 1. The lowest BCUT2D eigenvalue weighted by Crippen LogP contribution is -2.03. The van der Waals surface area contributed by atoms with E-state index in [9.17, 15) is 8.78 Å². The third-order valence-electron chi connectivity index (χ3n) is 3.51. The predicted molar refractivity (Wildman–Crippen MR) is 91.5 cm³/mol. The van der Waals surface area contributed by atoms with Crippen LogP contribution in [0.3, 0.4) is 0 Å². The molecule has 0 fully saturated rings. The Kier molecular flexibility index (Phi) is 4.74. The van der Waals surface area contributed by atoms with Crippen LogP contribution in [-0.4, -0.2) is 15.9 Å². The quantitative estimate of drug-likeness (QED) is 0.722. The molecular formula is C18H16F2N4O. The number of nitrogen functional groups attached to an aromatic ring is 1. The standard InChI is InChI=1S/C18H16F2N4O/c1-12-10-24(18(21)23-12)22-9-13-5-2-3-6-14(13)11-25-16-8-4-7-15(19)17(16)20/h2-10H,11H2,1H3,(H2,21,23). The fourth-order valence-electron chi connectivity index (χ4n) is 2.26. The van der Waals surface area contributed by atoms with Crippen LogP contribution in [0.1, 0.15) is 16.8 Å². The smallest absolute Gasteiger partial charge is 0.221 e. The Morgan fingerprint density at radius 3 is 2.76 bits per heavy atom. The summed E-state index contributed by atoms with van der Waals surface area (Å²) < 4.78 is 33.8. The number of anilines is 1. The van der Waals surface area contributed by atoms with Crippen LogP contribution in [-0.2, 0) is 6.61 Å². The van der Waals surface area contributed by atoms with Gasteiger partial charge in [0.1, 0.15) is 6.61 Å². The van der Waals surface area contributed by atoms with Crippen LogP contribution in [0.4, 0.5) is 14.7 Å². The first kappa shape index (κ1) is 16.6. The van der Waals surface area contributed by atoms with Gasteiger partial charge in [-0.2, -0.15) is 9.49 Å². The van der Waals surface area contributed by atoms with Crippen molar-refractivity contribution in [3.05, 3.63) is 77.1 Å². The molecule has 2 N–H and O–H groups in total. The molecule has 3 aromatic rings. The topological polar surface area (TPSA) is 65.4 Å². The normalized spacial score (nSPS) is 11.2. The van der Waals surface area contributed by atoms with Crippen molar-refractivity contribution >= 4 is 12.2 Å². The molecule has 0 saturated heterocycles. The molecule has 1 aromatic heterocycles. The molecule has 7 heteroatoms. The first-order valence-electron chi connectivity index (χ1n) is 7.55. The second kappa shape index (κ2) is 7.12. The molecule has 0 atom stereocenters. The first-order valence-corrected chi connectivity index (χ1v) is 7.55. The Morgan fingerprint density at radius 1 is 1.20 bits per heavy atom. The van der Waals surface area contributed by atoms with Gasteiger partial charge < -0.3 is 10.5 Å². The van der Waals surface area contributed by atoms with Gasteiger partial charge in [-0.15, -0.1) is 0 Å². The molecule has 0 unspecified atom stereocenters. The van der Waals surface area contributed by atoms with Gasteiger partial charge in [-0.1, -0.05) is 30.3 Å². The maximum absolute atomic E-state index is 13.7. The van der Waals surface area contributed by atoms with Crippen molar-refractivity contribution < 1.29 is 13.5 Å². The van der Waals surface area contributed by atoms with Gasteiger partial charge in [-0.25, -0.2) is 14.1 Å². The Balaban J connectivity index is 1.79. The summed E-state index contributed by atoms with van der Waals surface area (Å²) in [6.45, 7) is 1.89. The number of ether oxygens (including phenoxy) is 1. The van der Waals surface area contributed by atoms with Crippen LogP contribution < -0.4 is 10.5 Å². The van der Waals surface area contributed by atoms with Crippen LogP contribution in [0, 0.1) is 18.6 Å². The van der Waals surface area contributed by atoms with Gasteiger partial charge in [0.05, 0.1) is 18.1 Å². The number of rotatable bonds is 5. The lowest BCUT2D eigenvalue weighted by molar-refractivity contribution is 0.284. The predicted octanol–water partition coefficient (Wildman–Crippen LogP) is 3.51. The lowest BCUT2D eigenvalue weighted by Gasteiger charge is -2.09. The molecule has 0 radical (unpaired) electrons. The van der Waals surface area contributed by atoms with Crippen LogP contribution in [0.2, 0.25) is 0 Å². The Labute approximate surface area is 143 Å². The molecule has 5 nitrogen and oxygen atoms in total. The van der Waals surface area contributed by atoms with Gasteiger partial charge >= 0.3 is 0 Å². The lowest BCUT2D eigenvalue weighted by atomic mass is 10.1. The maximum Gasteiger partial charge on any atom is 0.221 e. The summed E-state index contributed by atoms with van der Waals surface area (Å²) in [6.07, 6.45) is 3.31. The van der Waals surface area contributed by atoms with Crippen molar-refractivity contribution in [1.82, 2.24) is 9.66 Å². The van der Waals surface area contributed by atoms with Crippen molar-refractivity contribution in [3.8, 4) is 5.75 Å². The minimum atomic E-state index is -1.00. The second-order valence-corrected chi connectivity index (χ2v) is 5.37. The van der Waals surface area contributed by atoms with Gasteiger partial charge in [0, 0.05) is 5.56 Å². The zero-order chi connectivity index (χ0) is 17.8. The zero-order valence-corrected chi connectivity index (χ0v) is 13.5. The van der Waals surface area contributed by atoms with E-state index in [4.69, 9.17) is 10.5 Å². The zero-order valence-electron chi connectivity index (χ0n) is 13.5. The summed E-state index contributed by atoms with van der Waals surface area (Å²) in [5, 5.41) is 4.26. The number of hydrogen-bond donors (Lipinski definition) is 1. The molecule has 0 aliphatic rings. The molecular weight excluding hydrogens is 326 g/mol. The number of aryl methyl sites for hydroxylation is 1. The summed E-state index contributed by atoms with van der Waals surface area (Å²) >= 11 is 0. The maximum atomic E-state index is 13.7. The van der Waals surface area contributed by atoms with E-state index in [-0.39, 0.29) is 18.3 Å². The van der Waals surface area contributed by atoms with E-state index in [0.29, 0.717) is 0 Å². The number of halogens is 2. The second-order valence-electron chi connectivity index (χ2n) is 5.37. The Hall–Kier alpha value is -3.22.